The van der Waals surface area contributed by atoms with Gasteiger partial charge in [-0.05, 0) is 29.7 Å². The van der Waals surface area contributed by atoms with Gasteiger partial charge in [0.2, 0.25) is 11.8 Å². The normalized spacial score (nSPS) is 15.7. The van der Waals surface area contributed by atoms with E-state index in [2.05, 4.69) is 10.6 Å². The Bertz CT molecular complexity index is 519. The molecular weight excluding hydrogens is 278 g/mol. The van der Waals surface area contributed by atoms with E-state index in [1.54, 1.807) is 12.1 Å². The van der Waals surface area contributed by atoms with E-state index in [1.165, 1.54) is 0 Å². The third-order valence-corrected chi connectivity index (χ3v) is 3.56. The quantitative estimate of drug-likeness (QED) is 0.794. The van der Waals surface area contributed by atoms with Crippen molar-refractivity contribution in [2.45, 2.75) is 32.7 Å². The molecule has 2 atom stereocenters. The van der Waals surface area contributed by atoms with E-state index in [9.17, 15) is 9.59 Å². The maximum atomic E-state index is 12.0. The van der Waals surface area contributed by atoms with Crippen LogP contribution in [0.3, 0.4) is 0 Å². The molecule has 110 valence electrons. The summed E-state index contributed by atoms with van der Waals surface area (Å²) in [6, 6.07) is 4.86. The number of benzene rings is 1. The van der Waals surface area contributed by atoms with E-state index >= 15 is 0 Å². The largest absolute Gasteiger partial charge is 0.326 e. The summed E-state index contributed by atoms with van der Waals surface area (Å²) in [4.78, 5) is 23.2. The Hall–Kier alpha value is -1.59. The maximum absolute atomic E-state index is 12.0. The van der Waals surface area contributed by atoms with Crippen LogP contribution in [0, 0.1) is 5.92 Å². The highest BCUT2D eigenvalue weighted by Gasteiger charge is 2.21. The van der Waals surface area contributed by atoms with Gasteiger partial charge in [-0.2, -0.15) is 0 Å². The number of hydrogen-bond acceptors (Lipinski definition) is 3. The minimum Gasteiger partial charge on any atom is -0.326 e. The molecule has 0 bridgehead atoms. The van der Waals surface area contributed by atoms with Crippen LogP contribution in [0.1, 0.15) is 25.8 Å². The Labute approximate surface area is 124 Å². The first kappa shape index (κ1) is 16.5. The van der Waals surface area contributed by atoms with Gasteiger partial charge in [-0.1, -0.05) is 20.3 Å². The van der Waals surface area contributed by atoms with E-state index in [0.29, 0.717) is 12.1 Å². The van der Waals surface area contributed by atoms with Gasteiger partial charge in [-0.3, -0.25) is 9.59 Å². The SMILES string of the molecule is CCC(C)C(N)C(=O)Nc1ccc2c(c1)CC(=O)N2.Cl. The maximum Gasteiger partial charge on any atom is 0.241 e. The molecule has 20 heavy (non-hydrogen) atoms. The van der Waals surface area contributed by atoms with Crippen molar-refractivity contribution in [3.63, 3.8) is 0 Å². The molecular formula is C14H20ClN3O2. The second-order valence-electron chi connectivity index (χ2n) is 5.00. The molecule has 0 fully saturated rings. The number of nitrogens with one attached hydrogen (secondary N) is 2. The minimum atomic E-state index is -0.516. The highest BCUT2D eigenvalue weighted by atomic mass is 35.5. The summed E-state index contributed by atoms with van der Waals surface area (Å²) in [6.07, 6.45) is 1.22. The van der Waals surface area contributed by atoms with Gasteiger partial charge in [0.15, 0.2) is 0 Å². The second kappa shape index (κ2) is 6.72. The van der Waals surface area contributed by atoms with Gasteiger partial charge in [-0.15, -0.1) is 12.4 Å². The van der Waals surface area contributed by atoms with Gasteiger partial charge in [0.25, 0.3) is 0 Å². The number of rotatable bonds is 4. The van der Waals surface area contributed by atoms with Crippen LogP contribution >= 0.6 is 12.4 Å². The first-order valence-corrected chi connectivity index (χ1v) is 6.50. The third kappa shape index (κ3) is 3.49. The summed E-state index contributed by atoms with van der Waals surface area (Å²) in [5.41, 5.74) is 8.27. The highest BCUT2D eigenvalue weighted by Crippen LogP contribution is 2.26. The molecule has 1 aromatic rings. The number of hydrogen-bond donors (Lipinski definition) is 3. The topological polar surface area (TPSA) is 84.2 Å². The Morgan fingerprint density at radius 3 is 2.85 bits per heavy atom. The summed E-state index contributed by atoms with van der Waals surface area (Å²) >= 11 is 0. The Balaban J connectivity index is 0.00000200. The molecule has 0 spiro atoms. The van der Waals surface area contributed by atoms with Crippen molar-refractivity contribution >= 4 is 35.6 Å². The predicted molar refractivity (Wildman–Crippen MR) is 82.1 cm³/mol. The molecule has 2 amide bonds. The summed E-state index contributed by atoms with van der Waals surface area (Å²) in [7, 11) is 0. The fourth-order valence-electron chi connectivity index (χ4n) is 2.04. The zero-order valence-corrected chi connectivity index (χ0v) is 12.4. The van der Waals surface area contributed by atoms with Crippen LogP contribution in [0.25, 0.3) is 0 Å². The molecule has 0 aliphatic carbocycles. The average Bonchev–Trinajstić information content (AvgIpc) is 2.76. The molecule has 5 nitrogen and oxygen atoms in total. The lowest BCUT2D eigenvalue weighted by atomic mass is 9.99. The van der Waals surface area contributed by atoms with Crippen molar-refractivity contribution in [3.8, 4) is 0 Å². The number of anilines is 2. The van der Waals surface area contributed by atoms with Crippen LogP contribution in [-0.4, -0.2) is 17.9 Å². The molecule has 1 heterocycles. The smallest absolute Gasteiger partial charge is 0.241 e. The number of carbonyl (C=O) groups excluding carboxylic acids is 2. The van der Waals surface area contributed by atoms with Crippen molar-refractivity contribution in [2.24, 2.45) is 11.7 Å². The minimum absolute atomic E-state index is 0. The zero-order chi connectivity index (χ0) is 14.0. The van der Waals surface area contributed by atoms with Gasteiger partial charge < -0.3 is 16.4 Å². The lowest BCUT2D eigenvalue weighted by molar-refractivity contribution is -0.118. The van der Waals surface area contributed by atoms with Gasteiger partial charge in [0.1, 0.15) is 0 Å². The van der Waals surface area contributed by atoms with Crippen LogP contribution < -0.4 is 16.4 Å². The van der Waals surface area contributed by atoms with Gasteiger partial charge in [-0.25, -0.2) is 0 Å². The van der Waals surface area contributed by atoms with Crippen LogP contribution in [0.4, 0.5) is 11.4 Å². The lowest BCUT2D eigenvalue weighted by Crippen LogP contribution is -2.40. The zero-order valence-electron chi connectivity index (χ0n) is 11.6. The molecule has 4 N–H and O–H groups in total. The van der Waals surface area contributed by atoms with Crippen molar-refractivity contribution in [1.29, 1.82) is 0 Å². The first-order chi connectivity index (χ1) is 9.01. The summed E-state index contributed by atoms with van der Waals surface area (Å²) in [5.74, 6) is -0.0703. The fraction of sp³-hybridized carbons (Fsp3) is 0.429. The van der Waals surface area contributed by atoms with Crippen molar-refractivity contribution in [3.05, 3.63) is 23.8 Å². The molecule has 1 aliphatic rings. The van der Waals surface area contributed by atoms with Gasteiger partial charge in [0, 0.05) is 11.4 Å². The monoisotopic (exact) mass is 297 g/mol. The number of fused-ring (bicyclic) bond motifs is 1. The number of nitrogens with two attached hydrogens (primary N) is 1. The van der Waals surface area contributed by atoms with E-state index in [0.717, 1.165) is 17.7 Å². The summed E-state index contributed by atoms with van der Waals surface area (Å²) in [6.45, 7) is 3.96. The lowest BCUT2D eigenvalue weighted by Gasteiger charge is -2.18. The summed E-state index contributed by atoms with van der Waals surface area (Å²) in [5, 5.41) is 5.55. The molecule has 0 aromatic heterocycles. The van der Waals surface area contributed by atoms with Crippen molar-refractivity contribution in [2.75, 3.05) is 10.6 Å². The summed E-state index contributed by atoms with van der Waals surface area (Å²) < 4.78 is 0. The van der Waals surface area contributed by atoms with Gasteiger partial charge in [0.05, 0.1) is 12.5 Å². The number of amides is 2. The molecule has 1 aliphatic heterocycles. The van der Waals surface area contributed by atoms with Crippen LogP contribution in [-0.2, 0) is 16.0 Å². The predicted octanol–water partition coefficient (Wildman–Crippen LogP) is 1.91. The Kier molecular flexibility index (Phi) is 5.53. The van der Waals surface area contributed by atoms with Crippen LogP contribution in [0.2, 0.25) is 0 Å². The molecule has 0 radical (unpaired) electrons. The van der Waals surface area contributed by atoms with E-state index in [1.807, 2.05) is 19.9 Å². The van der Waals surface area contributed by atoms with E-state index < -0.39 is 6.04 Å². The van der Waals surface area contributed by atoms with E-state index in [4.69, 9.17) is 5.73 Å². The first-order valence-electron chi connectivity index (χ1n) is 6.50. The standard InChI is InChI=1S/C14H19N3O2.ClH/c1-3-8(2)13(15)14(19)16-10-4-5-11-9(6-10)7-12(18)17-11;/h4-6,8,13H,3,7,15H2,1-2H3,(H,16,19)(H,17,18);1H. The molecule has 6 heteroatoms. The van der Waals surface area contributed by atoms with Gasteiger partial charge >= 0.3 is 0 Å². The van der Waals surface area contributed by atoms with E-state index in [-0.39, 0.29) is 30.1 Å². The Morgan fingerprint density at radius 2 is 2.20 bits per heavy atom. The Morgan fingerprint density at radius 1 is 1.50 bits per heavy atom. The second-order valence-corrected chi connectivity index (χ2v) is 5.00. The molecule has 1 aromatic carbocycles. The molecule has 2 rings (SSSR count). The third-order valence-electron chi connectivity index (χ3n) is 3.56. The molecule has 0 saturated heterocycles. The number of halogens is 1. The highest BCUT2D eigenvalue weighted by molar-refractivity contribution is 6.00. The molecule has 2 unspecified atom stereocenters. The van der Waals surface area contributed by atoms with Crippen LogP contribution in [0.5, 0.6) is 0 Å². The fourth-order valence-corrected chi connectivity index (χ4v) is 2.04. The van der Waals surface area contributed by atoms with Crippen molar-refractivity contribution < 1.29 is 9.59 Å². The van der Waals surface area contributed by atoms with Crippen LogP contribution in [0.15, 0.2) is 18.2 Å². The number of carbonyl (C=O) groups is 2. The molecule has 0 saturated carbocycles. The average molecular weight is 298 g/mol. The van der Waals surface area contributed by atoms with Crippen molar-refractivity contribution in [1.82, 2.24) is 0 Å².